The maximum absolute atomic E-state index is 12.5. The molecule has 1 aliphatic rings. The van der Waals surface area contributed by atoms with E-state index in [1.165, 1.54) is 28.6 Å². The van der Waals surface area contributed by atoms with Gasteiger partial charge in [-0.3, -0.25) is 9.59 Å². The molecule has 4 nitrogen and oxygen atoms in total. The second-order valence-corrected chi connectivity index (χ2v) is 7.89. The molecular formula is C18H16N2O2S2. The summed E-state index contributed by atoms with van der Waals surface area (Å²) >= 11 is 2.92. The molecule has 0 atom stereocenters. The van der Waals surface area contributed by atoms with Crippen molar-refractivity contribution in [1.82, 2.24) is 9.97 Å². The number of H-pyrrole nitrogens is 1. The molecule has 0 saturated heterocycles. The van der Waals surface area contributed by atoms with Crippen LogP contribution >= 0.6 is 23.1 Å². The Labute approximate surface area is 147 Å². The summed E-state index contributed by atoms with van der Waals surface area (Å²) < 4.78 is 0. The fourth-order valence-electron chi connectivity index (χ4n) is 3.05. The van der Waals surface area contributed by atoms with Crippen molar-refractivity contribution in [3.63, 3.8) is 0 Å². The van der Waals surface area contributed by atoms with E-state index in [-0.39, 0.29) is 17.1 Å². The van der Waals surface area contributed by atoms with Crippen LogP contribution in [-0.2, 0) is 12.8 Å². The molecule has 24 heavy (non-hydrogen) atoms. The molecule has 0 bridgehead atoms. The first kappa shape index (κ1) is 15.6. The van der Waals surface area contributed by atoms with E-state index in [1.807, 2.05) is 18.2 Å². The first-order valence-corrected chi connectivity index (χ1v) is 9.78. The number of aryl methyl sites for hydroxylation is 2. The van der Waals surface area contributed by atoms with Gasteiger partial charge in [-0.05, 0) is 31.2 Å². The number of Topliss-reactive ketones (excluding diaryl/α,β-unsaturated/α-hetero) is 1. The zero-order valence-electron chi connectivity index (χ0n) is 13.0. The number of carbonyl (C=O) groups is 1. The molecule has 0 unspecified atom stereocenters. The van der Waals surface area contributed by atoms with Gasteiger partial charge in [-0.1, -0.05) is 42.1 Å². The predicted octanol–water partition coefficient (Wildman–Crippen LogP) is 3.84. The Morgan fingerprint density at radius 1 is 1.21 bits per heavy atom. The average Bonchev–Trinajstić information content (AvgIpc) is 2.99. The number of aromatic amines is 1. The number of thiophene rings is 1. The molecule has 1 N–H and O–H groups in total. The summed E-state index contributed by atoms with van der Waals surface area (Å²) in [6, 6.07) is 9.18. The number of benzene rings is 1. The summed E-state index contributed by atoms with van der Waals surface area (Å²) in [6.07, 6.45) is 4.34. The largest absolute Gasteiger partial charge is 0.301 e. The maximum atomic E-state index is 12.5. The summed E-state index contributed by atoms with van der Waals surface area (Å²) in [5.74, 6) is 0.303. The number of hydrogen-bond donors (Lipinski definition) is 1. The molecule has 6 heteroatoms. The first-order chi connectivity index (χ1) is 11.7. The highest BCUT2D eigenvalue weighted by molar-refractivity contribution is 7.99. The van der Waals surface area contributed by atoms with Crippen molar-refractivity contribution in [2.24, 2.45) is 0 Å². The second-order valence-electron chi connectivity index (χ2n) is 5.84. The van der Waals surface area contributed by atoms with E-state index >= 15 is 0 Å². The van der Waals surface area contributed by atoms with Crippen molar-refractivity contribution in [3.05, 3.63) is 56.7 Å². The Kier molecular flexibility index (Phi) is 4.24. The minimum Gasteiger partial charge on any atom is -0.301 e. The SMILES string of the molecule is O=C(CSc1nc2sc3c(c2c(=O)[nH]1)CCCC3)c1ccccc1. The Morgan fingerprint density at radius 3 is 2.83 bits per heavy atom. The van der Waals surface area contributed by atoms with Crippen LogP contribution in [0.1, 0.15) is 33.6 Å². The number of aromatic nitrogens is 2. The van der Waals surface area contributed by atoms with Crippen LogP contribution in [-0.4, -0.2) is 21.5 Å². The summed E-state index contributed by atoms with van der Waals surface area (Å²) in [4.78, 5) is 34.2. The van der Waals surface area contributed by atoms with Crippen LogP contribution in [0.3, 0.4) is 0 Å². The minimum absolute atomic E-state index is 0.0359. The van der Waals surface area contributed by atoms with Gasteiger partial charge < -0.3 is 4.98 Å². The van der Waals surface area contributed by atoms with Crippen LogP contribution in [0.15, 0.2) is 40.3 Å². The predicted molar refractivity (Wildman–Crippen MR) is 98.4 cm³/mol. The quantitative estimate of drug-likeness (QED) is 0.438. The third kappa shape index (κ3) is 2.91. The number of rotatable bonds is 4. The van der Waals surface area contributed by atoms with Gasteiger partial charge in [-0.25, -0.2) is 4.98 Å². The van der Waals surface area contributed by atoms with Crippen molar-refractivity contribution in [2.75, 3.05) is 5.75 Å². The van der Waals surface area contributed by atoms with Gasteiger partial charge in [0.2, 0.25) is 0 Å². The monoisotopic (exact) mass is 356 g/mol. The van der Waals surface area contributed by atoms with Crippen molar-refractivity contribution in [1.29, 1.82) is 0 Å². The molecule has 0 spiro atoms. The van der Waals surface area contributed by atoms with Gasteiger partial charge in [-0.15, -0.1) is 11.3 Å². The van der Waals surface area contributed by atoms with E-state index in [1.54, 1.807) is 23.5 Å². The van der Waals surface area contributed by atoms with Crippen LogP contribution in [0.4, 0.5) is 0 Å². The molecule has 0 saturated carbocycles. The Hall–Kier alpha value is -1.92. The molecule has 0 radical (unpaired) electrons. The second kappa shape index (κ2) is 6.53. The van der Waals surface area contributed by atoms with Crippen LogP contribution in [0.2, 0.25) is 0 Å². The van der Waals surface area contributed by atoms with Crippen molar-refractivity contribution >= 4 is 39.1 Å². The lowest BCUT2D eigenvalue weighted by molar-refractivity contribution is 0.102. The number of ketones is 1. The zero-order valence-corrected chi connectivity index (χ0v) is 14.6. The summed E-state index contributed by atoms with van der Waals surface area (Å²) in [5.41, 5.74) is 1.79. The number of thioether (sulfide) groups is 1. The van der Waals surface area contributed by atoms with E-state index < -0.39 is 0 Å². The molecule has 2 aromatic heterocycles. The van der Waals surface area contributed by atoms with Gasteiger partial charge in [-0.2, -0.15) is 0 Å². The fraction of sp³-hybridized carbons (Fsp3) is 0.278. The van der Waals surface area contributed by atoms with Gasteiger partial charge in [0, 0.05) is 10.4 Å². The summed E-state index contributed by atoms with van der Waals surface area (Å²) in [6.45, 7) is 0. The molecule has 4 rings (SSSR count). The highest BCUT2D eigenvalue weighted by Crippen LogP contribution is 2.34. The lowest BCUT2D eigenvalue weighted by atomic mass is 9.97. The van der Waals surface area contributed by atoms with Gasteiger partial charge >= 0.3 is 0 Å². The van der Waals surface area contributed by atoms with E-state index in [0.717, 1.165) is 29.5 Å². The van der Waals surface area contributed by atoms with E-state index in [4.69, 9.17) is 0 Å². The molecule has 2 heterocycles. The number of hydrogen-bond acceptors (Lipinski definition) is 5. The van der Waals surface area contributed by atoms with Crippen molar-refractivity contribution < 1.29 is 4.79 Å². The third-order valence-corrected chi connectivity index (χ3v) is 6.30. The molecule has 1 aliphatic carbocycles. The van der Waals surface area contributed by atoms with Crippen LogP contribution in [0.25, 0.3) is 10.2 Å². The van der Waals surface area contributed by atoms with Gasteiger partial charge in [0.05, 0.1) is 11.1 Å². The number of fused-ring (bicyclic) bond motifs is 3. The molecule has 3 aromatic rings. The van der Waals surface area contributed by atoms with E-state index in [2.05, 4.69) is 9.97 Å². The molecule has 0 fully saturated rings. The van der Waals surface area contributed by atoms with Crippen LogP contribution < -0.4 is 5.56 Å². The van der Waals surface area contributed by atoms with Gasteiger partial charge in [0.15, 0.2) is 10.9 Å². The zero-order chi connectivity index (χ0) is 16.5. The molecule has 1 aromatic carbocycles. The van der Waals surface area contributed by atoms with Crippen LogP contribution in [0.5, 0.6) is 0 Å². The Bertz CT molecular complexity index is 960. The van der Waals surface area contributed by atoms with E-state index in [0.29, 0.717) is 10.7 Å². The average molecular weight is 356 g/mol. The van der Waals surface area contributed by atoms with Crippen molar-refractivity contribution in [2.45, 2.75) is 30.8 Å². The number of carbonyl (C=O) groups excluding carboxylic acids is 1. The summed E-state index contributed by atoms with van der Waals surface area (Å²) in [5, 5.41) is 1.28. The topological polar surface area (TPSA) is 62.8 Å². The third-order valence-electron chi connectivity index (χ3n) is 4.24. The Balaban J connectivity index is 1.59. The normalized spacial score (nSPS) is 13.8. The summed E-state index contributed by atoms with van der Waals surface area (Å²) in [7, 11) is 0. The highest BCUT2D eigenvalue weighted by atomic mass is 32.2. The van der Waals surface area contributed by atoms with Crippen molar-refractivity contribution in [3.8, 4) is 0 Å². The number of nitrogens with one attached hydrogen (secondary N) is 1. The smallest absolute Gasteiger partial charge is 0.260 e. The molecule has 0 amide bonds. The standard InChI is InChI=1S/C18H16N2O2S2/c21-13(11-6-2-1-3-7-11)10-23-18-19-16(22)15-12-8-4-5-9-14(12)24-17(15)20-18/h1-3,6-7H,4-5,8-10H2,(H,19,20,22). The lowest BCUT2D eigenvalue weighted by Gasteiger charge is -2.09. The molecule has 0 aliphatic heterocycles. The van der Waals surface area contributed by atoms with Gasteiger partial charge in [0.1, 0.15) is 4.83 Å². The number of nitrogens with zero attached hydrogens (tertiary/aromatic N) is 1. The minimum atomic E-state index is -0.0749. The first-order valence-electron chi connectivity index (χ1n) is 7.98. The lowest BCUT2D eigenvalue weighted by Crippen LogP contribution is -2.11. The van der Waals surface area contributed by atoms with E-state index in [9.17, 15) is 9.59 Å². The van der Waals surface area contributed by atoms with Gasteiger partial charge in [0.25, 0.3) is 5.56 Å². The highest BCUT2D eigenvalue weighted by Gasteiger charge is 2.20. The maximum Gasteiger partial charge on any atom is 0.260 e. The van der Waals surface area contributed by atoms with Crippen LogP contribution in [0, 0.1) is 0 Å². The molecular weight excluding hydrogens is 340 g/mol. The molecule has 122 valence electrons. The fourth-order valence-corrected chi connectivity index (χ4v) is 5.13. The Morgan fingerprint density at radius 2 is 2.00 bits per heavy atom.